The highest BCUT2D eigenvalue weighted by Gasteiger charge is 1.99. The fourth-order valence-electron chi connectivity index (χ4n) is 1.15. The van der Waals surface area contributed by atoms with E-state index in [9.17, 15) is 0 Å². The zero-order valence-corrected chi connectivity index (χ0v) is 9.13. The molecule has 0 aliphatic rings. The third-order valence-electron chi connectivity index (χ3n) is 1.90. The van der Waals surface area contributed by atoms with Crippen molar-refractivity contribution in [1.29, 1.82) is 0 Å². The molecule has 0 fully saturated rings. The molecule has 1 rings (SSSR count). The summed E-state index contributed by atoms with van der Waals surface area (Å²) in [6, 6.07) is 7.73. The molecular formula is C11H16ClNO. The SMILES string of the molecule is CC(N)CCCOc1ccccc1Cl. The van der Waals surface area contributed by atoms with E-state index in [-0.39, 0.29) is 6.04 Å². The van der Waals surface area contributed by atoms with Crippen LogP contribution in [0.25, 0.3) is 0 Å². The Balaban J connectivity index is 2.28. The second-order valence-corrected chi connectivity index (χ2v) is 3.81. The molecule has 14 heavy (non-hydrogen) atoms. The molecule has 3 heteroatoms. The second kappa shape index (κ2) is 5.89. The Morgan fingerprint density at radius 3 is 2.79 bits per heavy atom. The molecule has 0 aromatic heterocycles. The van der Waals surface area contributed by atoms with Gasteiger partial charge in [0.25, 0.3) is 0 Å². The normalized spacial score (nSPS) is 12.5. The van der Waals surface area contributed by atoms with Gasteiger partial charge >= 0.3 is 0 Å². The average Bonchev–Trinajstić information content (AvgIpc) is 2.15. The minimum Gasteiger partial charge on any atom is -0.492 e. The van der Waals surface area contributed by atoms with Gasteiger partial charge in [-0.1, -0.05) is 23.7 Å². The third kappa shape index (κ3) is 3.99. The quantitative estimate of drug-likeness (QED) is 0.764. The standard InChI is InChI=1S/C11H16ClNO/c1-9(13)5-4-8-14-11-7-3-2-6-10(11)12/h2-3,6-7,9H,4-5,8,13H2,1H3. The first-order chi connectivity index (χ1) is 6.70. The summed E-state index contributed by atoms with van der Waals surface area (Å²) >= 11 is 5.92. The fourth-order valence-corrected chi connectivity index (χ4v) is 1.34. The van der Waals surface area contributed by atoms with E-state index >= 15 is 0 Å². The summed E-state index contributed by atoms with van der Waals surface area (Å²) in [7, 11) is 0. The van der Waals surface area contributed by atoms with Gasteiger partial charge in [0.15, 0.2) is 0 Å². The predicted octanol–water partition coefficient (Wildman–Crippen LogP) is 2.85. The lowest BCUT2D eigenvalue weighted by atomic mass is 10.2. The van der Waals surface area contributed by atoms with Crippen molar-refractivity contribution in [3.63, 3.8) is 0 Å². The number of benzene rings is 1. The third-order valence-corrected chi connectivity index (χ3v) is 2.21. The lowest BCUT2D eigenvalue weighted by Crippen LogP contribution is -2.15. The summed E-state index contributed by atoms with van der Waals surface area (Å²) in [6.45, 7) is 2.67. The number of rotatable bonds is 5. The van der Waals surface area contributed by atoms with Crippen LogP contribution >= 0.6 is 11.6 Å². The van der Waals surface area contributed by atoms with E-state index in [2.05, 4.69) is 0 Å². The molecule has 1 aromatic rings. The lowest BCUT2D eigenvalue weighted by molar-refractivity contribution is 0.303. The van der Waals surface area contributed by atoms with Crippen molar-refractivity contribution >= 4 is 11.6 Å². The predicted molar refractivity (Wildman–Crippen MR) is 59.8 cm³/mol. The van der Waals surface area contributed by atoms with Crippen LogP contribution in [0.15, 0.2) is 24.3 Å². The number of hydrogen-bond acceptors (Lipinski definition) is 2. The number of ether oxygens (including phenoxy) is 1. The van der Waals surface area contributed by atoms with Crippen molar-refractivity contribution in [2.45, 2.75) is 25.8 Å². The van der Waals surface area contributed by atoms with Crippen LogP contribution in [-0.2, 0) is 0 Å². The Morgan fingerprint density at radius 1 is 1.43 bits per heavy atom. The fraction of sp³-hybridized carbons (Fsp3) is 0.455. The Kier molecular flexibility index (Phi) is 4.77. The van der Waals surface area contributed by atoms with Crippen LogP contribution in [0.1, 0.15) is 19.8 Å². The molecule has 0 amide bonds. The minimum absolute atomic E-state index is 0.241. The molecule has 0 spiro atoms. The van der Waals surface area contributed by atoms with Gasteiger partial charge in [-0.05, 0) is 31.9 Å². The van der Waals surface area contributed by atoms with Crippen LogP contribution in [0.2, 0.25) is 5.02 Å². The Hall–Kier alpha value is -0.730. The molecule has 2 N–H and O–H groups in total. The molecule has 0 saturated carbocycles. The van der Waals surface area contributed by atoms with Crippen LogP contribution in [-0.4, -0.2) is 12.6 Å². The molecule has 0 aliphatic carbocycles. The molecule has 0 bridgehead atoms. The molecule has 1 unspecified atom stereocenters. The Morgan fingerprint density at radius 2 is 2.14 bits per heavy atom. The van der Waals surface area contributed by atoms with Crippen molar-refractivity contribution in [2.24, 2.45) is 5.73 Å². The number of para-hydroxylation sites is 1. The molecule has 78 valence electrons. The van der Waals surface area contributed by atoms with Crippen LogP contribution in [0.4, 0.5) is 0 Å². The molecule has 1 aromatic carbocycles. The first-order valence-corrected chi connectivity index (χ1v) is 5.21. The van der Waals surface area contributed by atoms with Gasteiger partial charge < -0.3 is 10.5 Å². The van der Waals surface area contributed by atoms with Crippen molar-refractivity contribution in [3.8, 4) is 5.75 Å². The van der Waals surface area contributed by atoms with Crippen LogP contribution in [0, 0.1) is 0 Å². The first kappa shape index (κ1) is 11.3. The van der Waals surface area contributed by atoms with Gasteiger partial charge in [-0.3, -0.25) is 0 Å². The molecule has 2 nitrogen and oxygen atoms in total. The van der Waals surface area contributed by atoms with E-state index in [1.165, 1.54) is 0 Å². The molecule has 0 heterocycles. The van der Waals surface area contributed by atoms with Gasteiger partial charge in [0, 0.05) is 6.04 Å². The van der Waals surface area contributed by atoms with E-state index in [0.717, 1.165) is 18.6 Å². The Labute approximate surface area is 90.0 Å². The zero-order valence-electron chi connectivity index (χ0n) is 8.37. The van der Waals surface area contributed by atoms with Gasteiger partial charge in [0.2, 0.25) is 0 Å². The molecular weight excluding hydrogens is 198 g/mol. The number of halogens is 1. The molecule has 0 saturated heterocycles. The van der Waals surface area contributed by atoms with Crippen LogP contribution in [0.3, 0.4) is 0 Å². The van der Waals surface area contributed by atoms with Gasteiger partial charge in [-0.15, -0.1) is 0 Å². The summed E-state index contributed by atoms with van der Waals surface area (Å²) in [5.74, 6) is 0.749. The summed E-state index contributed by atoms with van der Waals surface area (Å²) in [4.78, 5) is 0. The van der Waals surface area contributed by atoms with Crippen molar-refractivity contribution in [1.82, 2.24) is 0 Å². The highest BCUT2D eigenvalue weighted by Crippen LogP contribution is 2.23. The summed E-state index contributed by atoms with van der Waals surface area (Å²) in [5.41, 5.74) is 5.62. The zero-order chi connectivity index (χ0) is 10.4. The second-order valence-electron chi connectivity index (χ2n) is 3.40. The van der Waals surface area contributed by atoms with Gasteiger partial charge in [0.05, 0.1) is 11.6 Å². The maximum Gasteiger partial charge on any atom is 0.137 e. The minimum atomic E-state index is 0.241. The summed E-state index contributed by atoms with van der Waals surface area (Å²) in [5, 5.41) is 0.660. The van der Waals surface area contributed by atoms with E-state index < -0.39 is 0 Å². The molecule has 1 atom stereocenters. The smallest absolute Gasteiger partial charge is 0.137 e. The van der Waals surface area contributed by atoms with Crippen molar-refractivity contribution in [2.75, 3.05) is 6.61 Å². The van der Waals surface area contributed by atoms with Crippen molar-refractivity contribution in [3.05, 3.63) is 29.3 Å². The highest BCUT2D eigenvalue weighted by molar-refractivity contribution is 6.32. The van der Waals surface area contributed by atoms with Gasteiger partial charge in [0.1, 0.15) is 5.75 Å². The van der Waals surface area contributed by atoms with Gasteiger partial charge in [-0.25, -0.2) is 0 Å². The van der Waals surface area contributed by atoms with E-state index in [1.54, 1.807) is 0 Å². The van der Waals surface area contributed by atoms with E-state index in [1.807, 2.05) is 31.2 Å². The highest BCUT2D eigenvalue weighted by atomic mass is 35.5. The topological polar surface area (TPSA) is 35.2 Å². The van der Waals surface area contributed by atoms with E-state index in [0.29, 0.717) is 11.6 Å². The Bertz CT molecular complexity index is 276. The van der Waals surface area contributed by atoms with Crippen molar-refractivity contribution < 1.29 is 4.74 Å². The number of nitrogens with two attached hydrogens (primary N) is 1. The number of hydrogen-bond donors (Lipinski definition) is 1. The first-order valence-electron chi connectivity index (χ1n) is 4.83. The molecule has 0 aliphatic heterocycles. The van der Waals surface area contributed by atoms with E-state index in [4.69, 9.17) is 22.1 Å². The summed E-state index contributed by atoms with van der Waals surface area (Å²) in [6.07, 6.45) is 1.94. The lowest BCUT2D eigenvalue weighted by Gasteiger charge is -2.08. The maximum absolute atomic E-state index is 5.92. The maximum atomic E-state index is 5.92. The van der Waals surface area contributed by atoms with Gasteiger partial charge in [-0.2, -0.15) is 0 Å². The van der Waals surface area contributed by atoms with Crippen LogP contribution in [0.5, 0.6) is 5.75 Å². The monoisotopic (exact) mass is 213 g/mol. The molecule has 0 radical (unpaired) electrons. The largest absolute Gasteiger partial charge is 0.492 e. The van der Waals surface area contributed by atoms with Crippen LogP contribution < -0.4 is 10.5 Å². The summed E-state index contributed by atoms with van der Waals surface area (Å²) < 4.78 is 5.50. The average molecular weight is 214 g/mol.